The van der Waals surface area contributed by atoms with Crippen LogP contribution in [0.1, 0.15) is 155 Å². The molecule has 322 valence electrons. The highest BCUT2D eigenvalue weighted by atomic mass is 31.2. The lowest BCUT2D eigenvalue weighted by Crippen LogP contribution is -2.29. The Balaban J connectivity index is 4.30. The van der Waals surface area contributed by atoms with Crippen molar-refractivity contribution in [2.45, 2.75) is 167 Å². The molecule has 0 aromatic heterocycles. The summed E-state index contributed by atoms with van der Waals surface area (Å²) in [6.45, 7) is 3.27. The van der Waals surface area contributed by atoms with Crippen LogP contribution in [0.4, 0.5) is 0 Å². The van der Waals surface area contributed by atoms with Crippen molar-refractivity contribution >= 4 is 13.8 Å². The van der Waals surface area contributed by atoms with Crippen molar-refractivity contribution in [1.29, 1.82) is 0 Å². The van der Waals surface area contributed by atoms with Crippen molar-refractivity contribution in [2.24, 2.45) is 0 Å². The van der Waals surface area contributed by atoms with E-state index in [1.54, 1.807) is 0 Å². The van der Waals surface area contributed by atoms with Crippen LogP contribution >= 0.6 is 7.82 Å². The minimum Gasteiger partial charge on any atom is -0.457 e. The first-order valence-electron chi connectivity index (χ1n) is 21.6. The molecule has 0 fully saturated rings. The van der Waals surface area contributed by atoms with E-state index >= 15 is 0 Å². The Labute approximate surface area is 341 Å². The predicted molar refractivity (Wildman–Crippen MR) is 232 cm³/mol. The van der Waals surface area contributed by atoms with E-state index in [4.69, 9.17) is 23.6 Å². The highest BCUT2D eigenvalue weighted by Gasteiger charge is 2.26. The molecule has 0 aromatic rings. The minimum atomic E-state index is -4.54. The Bertz CT molecular complexity index is 1140. The molecule has 0 rings (SSSR count). The molecule has 0 amide bonds. The molecule has 0 saturated carbocycles. The van der Waals surface area contributed by atoms with Crippen LogP contribution in [0.3, 0.4) is 0 Å². The summed E-state index contributed by atoms with van der Waals surface area (Å²) in [6.07, 6.45) is 51.2. The van der Waals surface area contributed by atoms with Crippen molar-refractivity contribution in [1.82, 2.24) is 0 Å². The van der Waals surface area contributed by atoms with Gasteiger partial charge in [-0.25, -0.2) is 4.57 Å². The van der Waals surface area contributed by atoms with Crippen LogP contribution in [0.25, 0.3) is 0 Å². The molecule has 56 heavy (non-hydrogen) atoms. The second kappa shape index (κ2) is 42.3. The third kappa shape index (κ3) is 41.3. The van der Waals surface area contributed by atoms with Crippen LogP contribution in [0.5, 0.6) is 0 Å². The number of carbonyl (C=O) groups excluding carboxylic acids is 1. The van der Waals surface area contributed by atoms with Gasteiger partial charge in [-0.05, 0) is 83.5 Å². The van der Waals surface area contributed by atoms with Crippen molar-refractivity contribution in [3.63, 3.8) is 0 Å². The van der Waals surface area contributed by atoms with Crippen LogP contribution in [0.15, 0.2) is 85.1 Å². The summed E-state index contributed by atoms with van der Waals surface area (Å²) in [5, 5.41) is 18.3. The third-order valence-corrected chi connectivity index (χ3v) is 9.52. The Hall–Kier alpha value is -2.36. The summed E-state index contributed by atoms with van der Waals surface area (Å²) in [7, 11) is -4.54. The van der Waals surface area contributed by atoms with E-state index in [0.717, 1.165) is 70.6 Å². The molecule has 0 heterocycles. The van der Waals surface area contributed by atoms with E-state index in [0.29, 0.717) is 13.0 Å². The SMILES string of the molecule is CC/C=C\C/C=C\C/C=C\C/C=C\C/C=C\CCCC(=O)OC(COCCCCCCCCCC/C=C\C/C=C\CCCCC)COP(=O)(O)OCC(O)CO. The molecule has 0 aliphatic rings. The number of allylic oxidation sites excluding steroid dienone is 14. The van der Waals surface area contributed by atoms with Gasteiger partial charge in [0.2, 0.25) is 0 Å². The van der Waals surface area contributed by atoms with Crippen molar-refractivity contribution < 1.29 is 43.0 Å². The lowest BCUT2D eigenvalue weighted by atomic mass is 10.1. The fraction of sp³-hybridized carbons (Fsp3) is 0.674. The van der Waals surface area contributed by atoms with Crippen LogP contribution in [-0.2, 0) is 27.9 Å². The number of carbonyl (C=O) groups is 1. The standard InChI is InChI=1S/C46H79O9P/c1-3-5-7-9-11-13-15-17-19-21-23-25-27-29-31-33-35-37-39-52-42-45(43-54-56(50,51)53-41-44(48)40-47)55-46(49)38-36-34-32-30-28-26-24-22-20-18-16-14-12-10-8-6-4-2/h6,8,11-14,17-20,24,26,30,32,44-45,47-48H,3-5,7,9-10,15-16,21-23,25,27-29,31,33-43H2,1-2H3,(H,50,51)/b8-6-,13-11-,14-12-,19-17-,20-18-,26-24-,32-30-. The monoisotopic (exact) mass is 807 g/mol. The molecule has 0 aliphatic carbocycles. The summed E-state index contributed by atoms with van der Waals surface area (Å²) in [4.78, 5) is 22.6. The van der Waals surface area contributed by atoms with Crippen LogP contribution < -0.4 is 0 Å². The van der Waals surface area contributed by atoms with Gasteiger partial charge in [0, 0.05) is 13.0 Å². The van der Waals surface area contributed by atoms with E-state index < -0.39 is 45.8 Å². The lowest BCUT2D eigenvalue weighted by molar-refractivity contribution is -0.154. The van der Waals surface area contributed by atoms with Crippen molar-refractivity contribution in [3.8, 4) is 0 Å². The zero-order chi connectivity index (χ0) is 41.1. The average molecular weight is 807 g/mol. The largest absolute Gasteiger partial charge is 0.472 e. The number of esters is 1. The fourth-order valence-electron chi connectivity index (χ4n) is 5.30. The molecule has 3 atom stereocenters. The van der Waals surface area contributed by atoms with Crippen molar-refractivity contribution in [2.75, 3.05) is 33.0 Å². The minimum absolute atomic E-state index is 0.0173. The molecule has 0 bridgehead atoms. The predicted octanol–water partition coefficient (Wildman–Crippen LogP) is 11.9. The number of hydrogen-bond acceptors (Lipinski definition) is 8. The van der Waals surface area contributed by atoms with Crippen LogP contribution in [-0.4, -0.2) is 66.3 Å². The van der Waals surface area contributed by atoms with Gasteiger partial charge in [-0.1, -0.05) is 150 Å². The zero-order valence-electron chi connectivity index (χ0n) is 35.1. The number of rotatable bonds is 40. The number of phosphoric ester groups is 1. The van der Waals surface area contributed by atoms with E-state index in [1.165, 1.54) is 57.8 Å². The first-order valence-corrected chi connectivity index (χ1v) is 23.1. The van der Waals surface area contributed by atoms with Gasteiger partial charge < -0.3 is 24.6 Å². The molecule has 10 heteroatoms. The van der Waals surface area contributed by atoms with Gasteiger partial charge in [-0.3, -0.25) is 13.8 Å². The van der Waals surface area contributed by atoms with E-state index in [2.05, 4.69) is 92.8 Å². The summed E-state index contributed by atoms with van der Waals surface area (Å²) < 4.78 is 33.3. The summed E-state index contributed by atoms with van der Waals surface area (Å²) in [5.74, 6) is -0.444. The average Bonchev–Trinajstić information content (AvgIpc) is 3.19. The number of aliphatic hydroxyl groups is 2. The first-order chi connectivity index (χ1) is 27.3. The molecule has 0 radical (unpaired) electrons. The Morgan fingerprint density at radius 1 is 0.571 bits per heavy atom. The molecular formula is C46H79O9P. The molecule has 0 saturated heterocycles. The first kappa shape index (κ1) is 53.6. The maximum Gasteiger partial charge on any atom is 0.472 e. The van der Waals surface area contributed by atoms with Gasteiger partial charge in [0.05, 0.1) is 26.4 Å². The molecule has 9 nitrogen and oxygen atoms in total. The Morgan fingerprint density at radius 2 is 1.02 bits per heavy atom. The van der Waals surface area contributed by atoms with E-state index in [-0.39, 0.29) is 13.0 Å². The van der Waals surface area contributed by atoms with Gasteiger partial charge in [-0.15, -0.1) is 0 Å². The summed E-state index contributed by atoms with van der Waals surface area (Å²) >= 11 is 0. The maximum atomic E-state index is 12.6. The molecule has 0 aliphatic heterocycles. The Morgan fingerprint density at radius 3 is 1.54 bits per heavy atom. The van der Waals surface area contributed by atoms with Gasteiger partial charge in [0.25, 0.3) is 0 Å². The molecule has 0 aromatic carbocycles. The number of unbranched alkanes of at least 4 members (excludes halogenated alkanes) is 12. The number of hydrogen-bond donors (Lipinski definition) is 3. The van der Waals surface area contributed by atoms with Gasteiger partial charge in [0.15, 0.2) is 0 Å². The van der Waals surface area contributed by atoms with E-state index in [9.17, 15) is 19.4 Å². The highest BCUT2D eigenvalue weighted by molar-refractivity contribution is 7.47. The second-order valence-electron chi connectivity index (χ2n) is 14.0. The quantitative estimate of drug-likeness (QED) is 0.0240. The molecule has 3 N–H and O–H groups in total. The van der Waals surface area contributed by atoms with Gasteiger partial charge >= 0.3 is 13.8 Å². The second-order valence-corrected chi connectivity index (χ2v) is 15.4. The lowest BCUT2D eigenvalue weighted by Gasteiger charge is -2.20. The van der Waals surface area contributed by atoms with Gasteiger partial charge in [0.1, 0.15) is 12.2 Å². The fourth-order valence-corrected chi connectivity index (χ4v) is 6.09. The van der Waals surface area contributed by atoms with Crippen LogP contribution in [0, 0.1) is 0 Å². The smallest absolute Gasteiger partial charge is 0.457 e. The molecule has 3 unspecified atom stereocenters. The third-order valence-electron chi connectivity index (χ3n) is 8.56. The summed E-state index contributed by atoms with van der Waals surface area (Å²) in [5.41, 5.74) is 0. The number of phosphoric acid groups is 1. The van der Waals surface area contributed by atoms with Crippen LogP contribution in [0.2, 0.25) is 0 Å². The van der Waals surface area contributed by atoms with E-state index in [1.807, 2.05) is 6.08 Å². The van der Waals surface area contributed by atoms with Gasteiger partial charge in [-0.2, -0.15) is 0 Å². The Kier molecular flexibility index (Phi) is 40.5. The van der Waals surface area contributed by atoms with Crippen molar-refractivity contribution in [3.05, 3.63) is 85.1 Å². The molecular weight excluding hydrogens is 727 g/mol. The zero-order valence-corrected chi connectivity index (χ0v) is 36.0. The molecule has 0 spiro atoms. The maximum absolute atomic E-state index is 12.6. The number of aliphatic hydroxyl groups excluding tert-OH is 2. The number of ether oxygens (including phenoxy) is 2. The topological polar surface area (TPSA) is 132 Å². The normalized spacial score (nSPS) is 14.9. The summed E-state index contributed by atoms with van der Waals surface area (Å²) in [6, 6.07) is 0. The highest BCUT2D eigenvalue weighted by Crippen LogP contribution is 2.43.